The van der Waals surface area contributed by atoms with Crippen LogP contribution in [0.15, 0.2) is 36.8 Å². The van der Waals surface area contributed by atoms with Crippen LogP contribution < -0.4 is 10.1 Å². The third kappa shape index (κ3) is 4.56. The number of aliphatic hydroxyl groups is 1. The number of alkyl halides is 1. The van der Waals surface area contributed by atoms with Crippen LogP contribution in [0, 0.1) is 0 Å². The lowest BCUT2D eigenvalue weighted by atomic mass is 10.0. The fourth-order valence-corrected chi connectivity index (χ4v) is 4.12. The van der Waals surface area contributed by atoms with Crippen LogP contribution in [0.1, 0.15) is 46.5 Å². The summed E-state index contributed by atoms with van der Waals surface area (Å²) in [5.74, 6) is -0.464. The summed E-state index contributed by atoms with van der Waals surface area (Å²) in [4.78, 5) is 31.7. The van der Waals surface area contributed by atoms with Gasteiger partial charge in [-0.3, -0.25) is 9.59 Å². The Morgan fingerprint density at radius 2 is 2.26 bits per heavy atom. The van der Waals surface area contributed by atoms with Gasteiger partial charge in [-0.1, -0.05) is 0 Å². The normalized spacial score (nSPS) is 18.7. The molecule has 2 atom stereocenters. The largest absolute Gasteiger partial charge is 0.486 e. The van der Waals surface area contributed by atoms with E-state index in [0.717, 1.165) is 0 Å². The molecule has 11 heteroatoms. The van der Waals surface area contributed by atoms with Crippen LogP contribution in [0.25, 0.3) is 5.65 Å². The molecular weight excluding hydrogens is 457 g/mol. The molecule has 184 valence electrons. The average molecular weight is 484 g/mol. The van der Waals surface area contributed by atoms with Gasteiger partial charge in [0.15, 0.2) is 5.65 Å². The zero-order valence-electron chi connectivity index (χ0n) is 19.4. The predicted octanol–water partition coefficient (Wildman–Crippen LogP) is 2.21. The summed E-state index contributed by atoms with van der Waals surface area (Å²) in [6.07, 6.45) is 3.53. The van der Waals surface area contributed by atoms with Crippen LogP contribution >= 0.6 is 0 Å². The van der Waals surface area contributed by atoms with Crippen LogP contribution in [0.4, 0.5) is 10.1 Å². The number of hydrogen-bond donors (Lipinski definition) is 2. The number of halogens is 1. The number of rotatable bonds is 7. The van der Waals surface area contributed by atoms with E-state index in [2.05, 4.69) is 15.4 Å². The minimum Gasteiger partial charge on any atom is -0.486 e. The van der Waals surface area contributed by atoms with Gasteiger partial charge in [0.1, 0.15) is 23.6 Å². The van der Waals surface area contributed by atoms with Crippen molar-refractivity contribution in [3.63, 3.8) is 0 Å². The fraction of sp³-hybridized carbons (Fsp3) is 0.417. The quantitative estimate of drug-likeness (QED) is 0.529. The Balaban J connectivity index is 1.45. The van der Waals surface area contributed by atoms with Crippen LogP contribution in [0.3, 0.4) is 0 Å². The minimum atomic E-state index is -1.62. The number of nitrogens with one attached hydrogen (secondary N) is 1. The van der Waals surface area contributed by atoms with Crippen LogP contribution in [0.5, 0.6) is 5.75 Å². The van der Waals surface area contributed by atoms with Crippen molar-refractivity contribution in [2.45, 2.75) is 44.7 Å². The van der Waals surface area contributed by atoms with E-state index in [1.165, 1.54) is 29.5 Å². The van der Waals surface area contributed by atoms with Gasteiger partial charge < -0.3 is 24.8 Å². The van der Waals surface area contributed by atoms with E-state index in [1.54, 1.807) is 30.6 Å². The molecule has 2 amide bonds. The Morgan fingerprint density at radius 3 is 3.00 bits per heavy atom. The zero-order chi connectivity index (χ0) is 24.7. The number of fused-ring (bicyclic) bond motifs is 2. The highest BCUT2D eigenvalue weighted by atomic mass is 19.1. The summed E-state index contributed by atoms with van der Waals surface area (Å²) < 4.78 is 27.5. The van der Waals surface area contributed by atoms with E-state index >= 15 is 0 Å². The van der Waals surface area contributed by atoms with E-state index in [0.29, 0.717) is 47.8 Å². The first-order valence-electron chi connectivity index (χ1n) is 11.4. The molecule has 4 heterocycles. The van der Waals surface area contributed by atoms with Crippen molar-refractivity contribution in [1.82, 2.24) is 19.5 Å². The Hall–Kier alpha value is -3.57. The van der Waals surface area contributed by atoms with Gasteiger partial charge in [-0.2, -0.15) is 5.10 Å². The van der Waals surface area contributed by atoms with E-state index < -0.39 is 17.7 Å². The van der Waals surface area contributed by atoms with Crippen LogP contribution in [-0.4, -0.2) is 74.1 Å². The summed E-state index contributed by atoms with van der Waals surface area (Å²) in [5, 5.41) is 17.0. The van der Waals surface area contributed by atoms with Gasteiger partial charge in [0.2, 0.25) is 0 Å². The van der Waals surface area contributed by atoms with Gasteiger partial charge in [0.05, 0.1) is 37.2 Å². The molecule has 2 aromatic heterocycles. The van der Waals surface area contributed by atoms with E-state index in [-0.39, 0.29) is 30.7 Å². The smallest absolute Gasteiger partial charge is 0.261 e. The van der Waals surface area contributed by atoms with Crippen molar-refractivity contribution in [2.75, 3.05) is 25.1 Å². The summed E-state index contributed by atoms with van der Waals surface area (Å²) in [7, 11) is 0. The Morgan fingerprint density at radius 1 is 1.43 bits per heavy atom. The van der Waals surface area contributed by atoms with Crippen molar-refractivity contribution in [3.05, 3.63) is 53.5 Å². The van der Waals surface area contributed by atoms with Crippen molar-refractivity contribution >= 4 is 23.1 Å². The molecule has 10 nitrogen and oxygen atoms in total. The number of aromatic nitrogens is 3. The first-order valence-corrected chi connectivity index (χ1v) is 11.4. The van der Waals surface area contributed by atoms with Gasteiger partial charge in [-0.15, -0.1) is 0 Å². The molecule has 0 bridgehead atoms. The summed E-state index contributed by atoms with van der Waals surface area (Å²) in [6.45, 7) is 3.59. The van der Waals surface area contributed by atoms with Gasteiger partial charge in [-0.25, -0.2) is 13.9 Å². The maximum atomic E-state index is 14.5. The first kappa shape index (κ1) is 23.2. The van der Waals surface area contributed by atoms with Crippen LogP contribution in [-0.2, 0) is 11.3 Å². The zero-order valence-corrected chi connectivity index (χ0v) is 19.4. The summed E-state index contributed by atoms with van der Waals surface area (Å²) >= 11 is 0. The minimum absolute atomic E-state index is 0.151. The van der Waals surface area contributed by atoms with Crippen molar-refractivity contribution in [2.24, 2.45) is 0 Å². The van der Waals surface area contributed by atoms with Gasteiger partial charge in [0, 0.05) is 30.9 Å². The maximum absolute atomic E-state index is 14.5. The van der Waals surface area contributed by atoms with E-state index in [9.17, 15) is 19.1 Å². The lowest BCUT2D eigenvalue weighted by molar-refractivity contribution is -0.0159. The molecule has 5 rings (SSSR count). The first-order chi connectivity index (χ1) is 16.7. The Labute approximate surface area is 200 Å². The maximum Gasteiger partial charge on any atom is 0.261 e. The predicted molar refractivity (Wildman–Crippen MR) is 123 cm³/mol. The molecule has 2 aliphatic heterocycles. The number of ether oxygens (including phenoxy) is 2. The third-order valence-corrected chi connectivity index (χ3v) is 6.19. The van der Waals surface area contributed by atoms with E-state index in [4.69, 9.17) is 9.47 Å². The molecule has 0 aliphatic carbocycles. The SMILES string of the molecule is CC(C)(O)C(F)CN1Cc2cc(NC(=O)c3cnn4cccnc34)c(O[C@H]3CCOC3)cc2C1=O. The lowest BCUT2D eigenvalue weighted by Crippen LogP contribution is -2.42. The molecule has 2 N–H and O–H groups in total. The summed E-state index contributed by atoms with van der Waals surface area (Å²) in [6, 6.07) is 4.96. The highest BCUT2D eigenvalue weighted by molar-refractivity contribution is 6.09. The Bertz CT molecular complexity index is 1280. The molecule has 1 fully saturated rings. The van der Waals surface area contributed by atoms with Gasteiger partial charge >= 0.3 is 0 Å². The number of amides is 2. The van der Waals surface area contributed by atoms with Crippen molar-refractivity contribution in [3.8, 4) is 5.75 Å². The molecule has 0 spiro atoms. The molecule has 0 radical (unpaired) electrons. The van der Waals surface area contributed by atoms with Crippen molar-refractivity contribution < 1.29 is 28.6 Å². The number of carbonyl (C=O) groups is 2. The monoisotopic (exact) mass is 483 g/mol. The standard InChI is InChI=1S/C24H26FN5O5/c1-24(2,33)20(25)12-29-11-14-8-18(19(9-16(14)23(29)32)35-15-4-7-34-13-15)28-22(31)17-10-27-30-6-3-5-26-21(17)30/h3,5-6,8-10,15,20,33H,4,7,11-13H2,1-2H3,(H,28,31)/t15-,20?/m0/s1. The highest BCUT2D eigenvalue weighted by Crippen LogP contribution is 2.36. The molecule has 1 unspecified atom stereocenters. The van der Waals surface area contributed by atoms with Gasteiger partial charge in [0.25, 0.3) is 11.8 Å². The number of nitrogens with zero attached hydrogens (tertiary/aromatic N) is 4. The van der Waals surface area contributed by atoms with Crippen molar-refractivity contribution in [1.29, 1.82) is 0 Å². The number of anilines is 1. The Kier molecular flexibility index (Phi) is 5.89. The summed E-state index contributed by atoms with van der Waals surface area (Å²) in [5.41, 5.74) is 0.487. The second-order valence-corrected chi connectivity index (χ2v) is 9.32. The molecule has 3 aromatic rings. The third-order valence-electron chi connectivity index (χ3n) is 6.19. The molecule has 1 saturated heterocycles. The number of benzene rings is 1. The molecular formula is C24H26FN5O5. The molecule has 0 saturated carbocycles. The molecule has 1 aromatic carbocycles. The topological polar surface area (TPSA) is 118 Å². The number of carbonyl (C=O) groups excluding carboxylic acids is 2. The average Bonchev–Trinajstić information content (AvgIpc) is 3.54. The van der Waals surface area contributed by atoms with Gasteiger partial charge in [-0.05, 0) is 37.6 Å². The lowest BCUT2D eigenvalue weighted by Gasteiger charge is -2.26. The second-order valence-electron chi connectivity index (χ2n) is 9.32. The fourth-order valence-electron chi connectivity index (χ4n) is 4.12. The number of hydrogen-bond acceptors (Lipinski definition) is 7. The molecule has 35 heavy (non-hydrogen) atoms. The van der Waals surface area contributed by atoms with Crippen LogP contribution in [0.2, 0.25) is 0 Å². The highest BCUT2D eigenvalue weighted by Gasteiger charge is 2.35. The van der Waals surface area contributed by atoms with E-state index in [1.807, 2.05) is 0 Å². The second kappa shape index (κ2) is 8.90. The molecule has 2 aliphatic rings.